The molecule has 0 atom stereocenters. The van der Waals surface area contributed by atoms with Gasteiger partial charge in [0.25, 0.3) is 10.0 Å². The van der Waals surface area contributed by atoms with Crippen molar-refractivity contribution in [3.8, 4) is 5.75 Å². The fourth-order valence-corrected chi connectivity index (χ4v) is 2.46. The van der Waals surface area contributed by atoms with Crippen molar-refractivity contribution in [1.82, 2.24) is 0 Å². The molecular formula is C12H11NO3S. The van der Waals surface area contributed by atoms with E-state index in [2.05, 4.69) is 4.72 Å². The summed E-state index contributed by atoms with van der Waals surface area (Å²) in [7, 11) is -3.65. The number of benzene rings is 2. The number of phenols is 1. The molecule has 88 valence electrons. The molecule has 0 aliphatic heterocycles. The van der Waals surface area contributed by atoms with Gasteiger partial charge >= 0.3 is 0 Å². The lowest BCUT2D eigenvalue weighted by Crippen LogP contribution is -2.12. The van der Waals surface area contributed by atoms with Crippen molar-refractivity contribution in [3.63, 3.8) is 0 Å². The van der Waals surface area contributed by atoms with Crippen molar-refractivity contribution in [2.75, 3.05) is 4.72 Å². The standard InChI is InChI=1S/C12H11NO3S/c14-12-9-5-4-8-11(12)13-17(15,16)10-6-2-1-3-7-10/h1-9,13-14H. The number of rotatable bonds is 3. The molecule has 0 aromatic heterocycles. The topological polar surface area (TPSA) is 66.4 Å². The van der Waals surface area contributed by atoms with Gasteiger partial charge in [-0.2, -0.15) is 0 Å². The molecule has 4 nitrogen and oxygen atoms in total. The number of hydrogen-bond donors (Lipinski definition) is 2. The van der Waals surface area contributed by atoms with Gasteiger partial charge in [0.15, 0.2) is 0 Å². The molecule has 0 aliphatic carbocycles. The van der Waals surface area contributed by atoms with Crippen LogP contribution in [0.5, 0.6) is 5.75 Å². The van der Waals surface area contributed by atoms with Crippen LogP contribution in [0.15, 0.2) is 59.5 Å². The first kappa shape index (κ1) is 11.5. The highest BCUT2D eigenvalue weighted by molar-refractivity contribution is 7.92. The molecule has 0 saturated heterocycles. The van der Waals surface area contributed by atoms with Gasteiger partial charge in [-0.25, -0.2) is 8.42 Å². The molecule has 0 aliphatic rings. The summed E-state index contributed by atoms with van der Waals surface area (Å²) in [5.74, 6) is -0.105. The highest BCUT2D eigenvalue weighted by atomic mass is 32.2. The average Bonchev–Trinajstić information content (AvgIpc) is 2.33. The Kier molecular flexibility index (Phi) is 3.01. The molecule has 0 amide bonds. The minimum absolute atomic E-state index is 0.105. The van der Waals surface area contributed by atoms with Gasteiger partial charge in [-0.1, -0.05) is 30.3 Å². The van der Waals surface area contributed by atoms with Crippen molar-refractivity contribution in [2.45, 2.75) is 4.90 Å². The summed E-state index contributed by atoms with van der Waals surface area (Å²) in [6, 6.07) is 14.2. The van der Waals surface area contributed by atoms with E-state index in [9.17, 15) is 13.5 Å². The summed E-state index contributed by atoms with van der Waals surface area (Å²) in [6.45, 7) is 0. The maximum absolute atomic E-state index is 11.9. The molecule has 17 heavy (non-hydrogen) atoms. The van der Waals surface area contributed by atoms with E-state index < -0.39 is 10.0 Å². The van der Waals surface area contributed by atoms with Crippen LogP contribution < -0.4 is 4.72 Å². The van der Waals surface area contributed by atoms with Gasteiger partial charge in [-0.15, -0.1) is 0 Å². The van der Waals surface area contributed by atoms with E-state index >= 15 is 0 Å². The van der Waals surface area contributed by atoms with E-state index in [1.807, 2.05) is 0 Å². The number of sulfonamides is 1. The summed E-state index contributed by atoms with van der Waals surface area (Å²) in [5, 5.41) is 9.49. The molecular weight excluding hydrogens is 238 g/mol. The molecule has 2 aromatic carbocycles. The Morgan fingerprint density at radius 3 is 2.12 bits per heavy atom. The minimum Gasteiger partial charge on any atom is -0.506 e. The molecule has 2 N–H and O–H groups in total. The molecule has 5 heteroatoms. The van der Waals surface area contributed by atoms with Crippen molar-refractivity contribution >= 4 is 15.7 Å². The lowest BCUT2D eigenvalue weighted by Gasteiger charge is -2.08. The van der Waals surface area contributed by atoms with Crippen LogP contribution in [0, 0.1) is 0 Å². The molecule has 0 saturated carbocycles. The van der Waals surface area contributed by atoms with Gasteiger partial charge < -0.3 is 5.11 Å². The van der Waals surface area contributed by atoms with Crippen molar-refractivity contribution in [2.24, 2.45) is 0 Å². The van der Waals surface area contributed by atoms with E-state index in [0.717, 1.165) is 0 Å². The highest BCUT2D eigenvalue weighted by Crippen LogP contribution is 2.24. The molecule has 2 aromatic rings. The first-order chi connectivity index (χ1) is 8.09. The number of nitrogens with one attached hydrogen (secondary N) is 1. The van der Waals surface area contributed by atoms with Crippen LogP contribution in [0.25, 0.3) is 0 Å². The Hall–Kier alpha value is -2.01. The Balaban J connectivity index is 2.34. The first-order valence-electron chi connectivity index (χ1n) is 4.95. The van der Waals surface area contributed by atoms with E-state index in [1.165, 1.54) is 24.3 Å². The van der Waals surface area contributed by atoms with Gasteiger partial charge in [-0.05, 0) is 24.3 Å². The monoisotopic (exact) mass is 249 g/mol. The molecule has 0 radical (unpaired) electrons. The third kappa shape index (κ3) is 2.57. The normalized spacial score (nSPS) is 11.1. The van der Waals surface area contributed by atoms with Crippen molar-refractivity contribution < 1.29 is 13.5 Å². The Labute approximate surface area is 99.6 Å². The molecule has 0 heterocycles. The lowest BCUT2D eigenvalue weighted by molar-refractivity contribution is 0.477. The second-order valence-corrected chi connectivity index (χ2v) is 5.12. The van der Waals surface area contributed by atoms with Crippen molar-refractivity contribution in [3.05, 3.63) is 54.6 Å². The van der Waals surface area contributed by atoms with Crippen LogP contribution in [-0.2, 0) is 10.0 Å². The van der Waals surface area contributed by atoms with Crippen molar-refractivity contribution in [1.29, 1.82) is 0 Å². The number of hydrogen-bond acceptors (Lipinski definition) is 3. The van der Waals surface area contributed by atoms with E-state index in [4.69, 9.17) is 0 Å². The van der Waals surface area contributed by atoms with Gasteiger partial charge in [0.2, 0.25) is 0 Å². The molecule has 0 spiro atoms. The number of anilines is 1. The van der Waals surface area contributed by atoms with Crippen LogP contribution in [0.2, 0.25) is 0 Å². The third-order valence-corrected chi connectivity index (χ3v) is 3.58. The van der Waals surface area contributed by atoms with Crippen LogP contribution in [0.4, 0.5) is 5.69 Å². The SMILES string of the molecule is O=S(=O)(Nc1ccccc1O)c1ccccc1. The predicted octanol–water partition coefficient (Wildman–Crippen LogP) is 2.19. The second-order valence-electron chi connectivity index (χ2n) is 3.44. The van der Waals surface area contributed by atoms with Gasteiger partial charge in [0.05, 0.1) is 10.6 Å². The third-order valence-electron chi connectivity index (χ3n) is 2.20. The largest absolute Gasteiger partial charge is 0.506 e. The number of para-hydroxylation sites is 2. The van der Waals surface area contributed by atoms with Crippen LogP contribution in [0.1, 0.15) is 0 Å². The fourth-order valence-electron chi connectivity index (χ4n) is 1.36. The zero-order valence-corrected chi connectivity index (χ0v) is 9.68. The lowest BCUT2D eigenvalue weighted by atomic mass is 10.3. The molecule has 0 bridgehead atoms. The smallest absolute Gasteiger partial charge is 0.262 e. The Morgan fingerprint density at radius 2 is 1.47 bits per heavy atom. The maximum Gasteiger partial charge on any atom is 0.262 e. The fraction of sp³-hybridized carbons (Fsp3) is 0. The second kappa shape index (κ2) is 4.47. The van der Waals surface area contributed by atoms with Crippen LogP contribution in [0.3, 0.4) is 0 Å². The molecule has 0 unspecified atom stereocenters. The number of phenolic OH excluding ortho intramolecular Hbond substituents is 1. The Morgan fingerprint density at radius 1 is 0.882 bits per heavy atom. The van der Waals surface area contributed by atoms with E-state index in [1.54, 1.807) is 30.3 Å². The summed E-state index contributed by atoms with van der Waals surface area (Å²) < 4.78 is 26.2. The maximum atomic E-state index is 11.9. The van der Waals surface area contributed by atoms with Crippen LogP contribution in [-0.4, -0.2) is 13.5 Å². The van der Waals surface area contributed by atoms with Gasteiger partial charge in [0, 0.05) is 0 Å². The highest BCUT2D eigenvalue weighted by Gasteiger charge is 2.14. The minimum atomic E-state index is -3.65. The van der Waals surface area contributed by atoms with Crippen LogP contribution >= 0.6 is 0 Å². The summed E-state index contributed by atoms with van der Waals surface area (Å²) in [6.07, 6.45) is 0. The van der Waals surface area contributed by atoms with Gasteiger partial charge in [0.1, 0.15) is 5.75 Å². The molecule has 2 rings (SSSR count). The zero-order valence-electron chi connectivity index (χ0n) is 8.87. The first-order valence-corrected chi connectivity index (χ1v) is 6.44. The quantitative estimate of drug-likeness (QED) is 0.819. The van der Waals surface area contributed by atoms with E-state index in [0.29, 0.717) is 0 Å². The van der Waals surface area contributed by atoms with E-state index in [-0.39, 0.29) is 16.3 Å². The number of aromatic hydroxyl groups is 1. The average molecular weight is 249 g/mol. The summed E-state index contributed by atoms with van der Waals surface area (Å²) in [4.78, 5) is 0.156. The predicted molar refractivity (Wildman–Crippen MR) is 65.4 cm³/mol. The zero-order chi connectivity index (χ0) is 12.3. The summed E-state index contributed by atoms with van der Waals surface area (Å²) >= 11 is 0. The molecule has 0 fully saturated rings. The van der Waals surface area contributed by atoms with Gasteiger partial charge in [-0.3, -0.25) is 4.72 Å². The summed E-state index contributed by atoms with van der Waals surface area (Å²) in [5.41, 5.74) is 0.163. The Bertz CT molecular complexity index is 609.